The van der Waals surface area contributed by atoms with Gasteiger partial charge in [0.1, 0.15) is 18.9 Å². The monoisotopic (exact) mass is 470 g/mol. The van der Waals surface area contributed by atoms with Crippen LogP contribution in [0.4, 0.5) is 11.5 Å². The van der Waals surface area contributed by atoms with Crippen LogP contribution in [0, 0.1) is 0 Å². The summed E-state index contributed by atoms with van der Waals surface area (Å²) in [6.45, 7) is 8.28. The number of para-hydroxylation sites is 1. The van der Waals surface area contributed by atoms with E-state index >= 15 is 0 Å². The number of aromatic nitrogens is 1. The number of carbonyl (C=O) groups is 2. The van der Waals surface area contributed by atoms with Crippen molar-refractivity contribution < 1.29 is 24.2 Å². The fourth-order valence-electron chi connectivity index (χ4n) is 3.91. The molecule has 34 heavy (non-hydrogen) atoms. The molecule has 9 heteroatoms. The minimum absolute atomic E-state index is 0.175. The lowest BCUT2D eigenvalue weighted by Gasteiger charge is -2.24. The fourth-order valence-corrected chi connectivity index (χ4v) is 3.91. The van der Waals surface area contributed by atoms with Crippen LogP contribution in [0.25, 0.3) is 10.9 Å². The molecule has 0 fully saturated rings. The fraction of sp³-hybridized carbons (Fsp3) is 0.520. The minimum atomic E-state index is -0.931. The highest BCUT2D eigenvalue weighted by Gasteiger charge is 2.35. The van der Waals surface area contributed by atoms with Crippen molar-refractivity contribution >= 4 is 39.9 Å². The number of rotatable bonds is 11. The molecule has 1 aliphatic rings. The molecule has 1 aromatic heterocycles. The van der Waals surface area contributed by atoms with Gasteiger partial charge in [0.05, 0.1) is 23.4 Å². The summed E-state index contributed by atoms with van der Waals surface area (Å²) in [5.41, 5.74) is 2.05. The van der Waals surface area contributed by atoms with Gasteiger partial charge >= 0.3 is 0 Å². The molecule has 1 aromatic carbocycles. The van der Waals surface area contributed by atoms with Gasteiger partial charge in [-0.05, 0) is 45.7 Å². The lowest BCUT2D eigenvalue weighted by molar-refractivity contribution is -0.136. The number of aliphatic imine (C=N–C) groups is 1. The highest BCUT2D eigenvalue weighted by molar-refractivity contribution is 6.08. The maximum absolute atomic E-state index is 12.6. The van der Waals surface area contributed by atoms with Gasteiger partial charge in [-0.1, -0.05) is 18.2 Å². The second-order valence-corrected chi connectivity index (χ2v) is 9.00. The number of benzene rings is 1. The number of likely N-dealkylation sites (N-methyl/N-ethyl adjacent to an activating group) is 1. The predicted octanol–water partition coefficient (Wildman–Crippen LogP) is 3.04. The minimum Gasteiger partial charge on any atom is -0.390 e. The second-order valence-electron chi connectivity index (χ2n) is 9.00. The quantitative estimate of drug-likeness (QED) is 0.522. The molecule has 0 aliphatic carbocycles. The molecule has 9 nitrogen and oxygen atoms in total. The number of ether oxygens (including phenoxy) is 2. The average molecular weight is 471 g/mol. The van der Waals surface area contributed by atoms with Crippen molar-refractivity contribution in [1.82, 2.24) is 9.88 Å². The lowest BCUT2D eigenvalue weighted by Crippen LogP contribution is -2.31. The summed E-state index contributed by atoms with van der Waals surface area (Å²) in [5.74, 6) is -0.473. The standard InChI is InChI=1S/C25H34N4O5/c1-6-29(5)21(31)15-34-14-20(30)28-24-23-22(16-10-8-9-11-18(16)27-24)17(12-25(3,4)32)19(26-23)13-33-7-2/h8-11,17,32H,6-7,12-15H2,1-5H3,(H,27,28,30). The van der Waals surface area contributed by atoms with Crippen LogP contribution in [0.15, 0.2) is 29.3 Å². The number of amides is 2. The van der Waals surface area contributed by atoms with E-state index in [1.54, 1.807) is 20.9 Å². The van der Waals surface area contributed by atoms with Crippen molar-refractivity contribution in [2.24, 2.45) is 4.99 Å². The Morgan fingerprint density at radius 3 is 2.59 bits per heavy atom. The average Bonchev–Trinajstić information content (AvgIpc) is 3.14. The molecule has 0 spiro atoms. The van der Waals surface area contributed by atoms with Crippen LogP contribution in [-0.4, -0.2) is 78.1 Å². The van der Waals surface area contributed by atoms with Crippen molar-refractivity contribution in [2.45, 2.75) is 45.6 Å². The van der Waals surface area contributed by atoms with Gasteiger partial charge in [0.2, 0.25) is 5.91 Å². The lowest BCUT2D eigenvalue weighted by atomic mass is 9.84. The van der Waals surface area contributed by atoms with Gasteiger partial charge in [-0.2, -0.15) is 0 Å². The first kappa shape index (κ1) is 25.7. The Labute approximate surface area is 200 Å². The molecule has 0 saturated carbocycles. The third-order valence-electron chi connectivity index (χ3n) is 5.69. The van der Waals surface area contributed by atoms with Crippen LogP contribution in [-0.2, 0) is 19.1 Å². The van der Waals surface area contributed by atoms with Gasteiger partial charge in [-0.3, -0.25) is 14.6 Å². The van der Waals surface area contributed by atoms with E-state index in [0.717, 1.165) is 16.7 Å². The zero-order chi connectivity index (χ0) is 24.9. The summed E-state index contributed by atoms with van der Waals surface area (Å²) in [6, 6.07) is 7.67. The first-order chi connectivity index (χ1) is 16.1. The van der Waals surface area contributed by atoms with Crippen molar-refractivity contribution in [3.63, 3.8) is 0 Å². The number of anilines is 1. The van der Waals surface area contributed by atoms with Crippen LogP contribution < -0.4 is 5.32 Å². The largest absolute Gasteiger partial charge is 0.390 e. The maximum Gasteiger partial charge on any atom is 0.251 e. The molecule has 3 rings (SSSR count). The molecular weight excluding hydrogens is 436 g/mol. The van der Waals surface area contributed by atoms with E-state index in [0.29, 0.717) is 43.2 Å². The first-order valence-electron chi connectivity index (χ1n) is 11.6. The van der Waals surface area contributed by atoms with Gasteiger partial charge in [0, 0.05) is 31.5 Å². The summed E-state index contributed by atoms with van der Waals surface area (Å²) in [7, 11) is 1.68. The number of nitrogens with zero attached hydrogens (tertiary/aromatic N) is 3. The van der Waals surface area contributed by atoms with Gasteiger partial charge in [-0.15, -0.1) is 0 Å². The number of fused-ring (bicyclic) bond motifs is 3. The van der Waals surface area contributed by atoms with Crippen LogP contribution >= 0.6 is 0 Å². The zero-order valence-electron chi connectivity index (χ0n) is 20.6. The Morgan fingerprint density at radius 1 is 1.18 bits per heavy atom. The summed E-state index contributed by atoms with van der Waals surface area (Å²) in [4.78, 5) is 35.5. The molecule has 184 valence electrons. The van der Waals surface area contributed by atoms with Crippen LogP contribution in [0.1, 0.15) is 45.6 Å². The highest BCUT2D eigenvalue weighted by Crippen LogP contribution is 2.46. The SMILES string of the molecule is CCOCC1=Nc2c(NC(=O)COCC(=O)N(C)CC)nc3ccccc3c2C1CC(C)(C)O. The van der Waals surface area contributed by atoms with Crippen molar-refractivity contribution in [3.05, 3.63) is 29.8 Å². The molecule has 0 radical (unpaired) electrons. The molecule has 2 heterocycles. The zero-order valence-corrected chi connectivity index (χ0v) is 20.6. The normalized spacial score (nSPS) is 15.2. The van der Waals surface area contributed by atoms with Crippen molar-refractivity contribution in [2.75, 3.05) is 45.3 Å². The molecule has 0 bridgehead atoms. The smallest absolute Gasteiger partial charge is 0.251 e. The summed E-state index contributed by atoms with van der Waals surface area (Å²) < 4.78 is 11.0. The number of carbonyl (C=O) groups excluding carboxylic acids is 2. The van der Waals surface area contributed by atoms with Crippen LogP contribution in [0.5, 0.6) is 0 Å². The first-order valence-corrected chi connectivity index (χ1v) is 11.6. The van der Waals surface area contributed by atoms with Crippen LogP contribution in [0.3, 0.4) is 0 Å². The van der Waals surface area contributed by atoms with E-state index in [2.05, 4.69) is 10.3 Å². The van der Waals surface area contributed by atoms with Gasteiger partial charge in [0.25, 0.3) is 5.91 Å². The molecule has 2 N–H and O–H groups in total. The Morgan fingerprint density at radius 2 is 1.91 bits per heavy atom. The molecule has 2 aromatic rings. The van der Waals surface area contributed by atoms with Gasteiger partial charge < -0.3 is 24.8 Å². The van der Waals surface area contributed by atoms with E-state index in [1.165, 1.54) is 4.90 Å². The Hall–Kier alpha value is -2.88. The van der Waals surface area contributed by atoms with E-state index in [-0.39, 0.29) is 25.0 Å². The number of pyridine rings is 1. The van der Waals surface area contributed by atoms with E-state index < -0.39 is 11.5 Å². The molecule has 2 amide bonds. The molecule has 1 atom stereocenters. The predicted molar refractivity (Wildman–Crippen MR) is 132 cm³/mol. The van der Waals surface area contributed by atoms with E-state index in [1.807, 2.05) is 38.1 Å². The third kappa shape index (κ3) is 6.16. The maximum atomic E-state index is 12.6. The Bertz CT molecular complexity index is 1080. The summed E-state index contributed by atoms with van der Waals surface area (Å²) >= 11 is 0. The molecular formula is C25H34N4O5. The number of hydrogen-bond acceptors (Lipinski definition) is 7. The molecule has 1 unspecified atom stereocenters. The third-order valence-corrected chi connectivity index (χ3v) is 5.69. The van der Waals surface area contributed by atoms with E-state index in [4.69, 9.17) is 14.5 Å². The van der Waals surface area contributed by atoms with Gasteiger partial charge in [0.15, 0.2) is 5.82 Å². The molecule has 0 saturated heterocycles. The van der Waals surface area contributed by atoms with Crippen molar-refractivity contribution in [1.29, 1.82) is 0 Å². The Kier molecular flexibility index (Phi) is 8.35. The Balaban J connectivity index is 1.91. The van der Waals surface area contributed by atoms with E-state index in [9.17, 15) is 14.7 Å². The van der Waals surface area contributed by atoms with Crippen molar-refractivity contribution in [3.8, 4) is 0 Å². The molecule has 1 aliphatic heterocycles. The summed E-state index contributed by atoms with van der Waals surface area (Å²) in [6.07, 6.45) is 0.448. The number of aliphatic hydroxyl groups is 1. The van der Waals surface area contributed by atoms with Gasteiger partial charge in [-0.25, -0.2) is 4.98 Å². The summed E-state index contributed by atoms with van der Waals surface area (Å²) in [5, 5.41) is 14.3. The van der Waals surface area contributed by atoms with Crippen LogP contribution in [0.2, 0.25) is 0 Å². The second kappa shape index (κ2) is 11.0. The highest BCUT2D eigenvalue weighted by atomic mass is 16.5. The number of hydrogen-bond donors (Lipinski definition) is 2. The number of nitrogens with one attached hydrogen (secondary N) is 1. The topological polar surface area (TPSA) is 113 Å².